The smallest absolute Gasteiger partial charge is 0.573 e. The van der Waals surface area contributed by atoms with Crippen LogP contribution in [0.1, 0.15) is 43.9 Å². The zero-order valence-corrected chi connectivity index (χ0v) is 18.8. The van der Waals surface area contributed by atoms with E-state index in [1.807, 2.05) is 13.0 Å². The maximum Gasteiger partial charge on any atom is 0.573 e. The number of hydrogen-bond donors (Lipinski definition) is 1. The van der Waals surface area contributed by atoms with E-state index in [2.05, 4.69) is 9.46 Å². The Morgan fingerprint density at radius 1 is 1.06 bits per heavy atom. The lowest BCUT2D eigenvalue weighted by atomic mass is 9.80. The molecule has 2 aromatic carbocycles. The molecule has 5 nitrogen and oxygen atoms in total. The largest absolute Gasteiger partial charge is 0.598 e. The first-order chi connectivity index (χ1) is 14.3. The summed E-state index contributed by atoms with van der Waals surface area (Å²) in [6.45, 7) is 7.09. The summed E-state index contributed by atoms with van der Waals surface area (Å²) >= 11 is -1.68. The van der Waals surface area contributed by atoms with E-state index in [-0.39, 0.29) is 12.0 Å². The lowest BCUT2D eigenvalue weighted by Gasteiger charge is -2.38. The molecule has 0 saturated carbocycles. The van der Waals surface area contributed by atoms with E-state index in [9.17, 15) is 22.5 Å². The molecule has 2 rings (SSSR count). The number of halogens is 3. The predicted molar refractivity (Wildman–Crippen MR) is 113 cm³/mol. The number of hydrogen-bond acceptors (Lipinski definition) is 5. The van der Waals surface area contributed by atoms with Crippen molar-refractivity contribution in [2.24, 2.45) is 0 Å². The van der Waals surface area contributed by atoms with Crippen molar-refractivity contribution in [3.63, 3.8) is 0 Å². The summed E-state index contributed by atoms with van der Waals surface area (Å²) in [6.07, 6.45) is -5.18. The van der Waals surface area contributed by atoms with Crippen LogP contribution in [0.2, 0.25) is 0 Å². The molecule has 9 heteroatoms. The van der Waals surface area contributed by atoms with Crippen LogP contribution in [0.25, 0.3) is 0 Å². The normalized spacial score (nSPS) is 15.1. The van der Waals surface area contributed by atoms with E-state index in [4.69, 9.17) is 4.74 Å². The van der Waals surface area contributed by atoms with Gasteiger partial charge in [-0.1, -0.05) is 42.0 Å². The topological polar surface area (TPSA) is 70.6 Å². The van der Waals surface area contributed by atoms with E-state index >= 15 is 0 Å². The minimum absolute atomic E-state index is 0.280. The van der Waals surface area contributed by atoms with Gasteiger partial charge < -0.3 is 14.0 Å². The minimum Gasteiger partial charge on any atom is -0.598 e. The van der Waals surface area contributed by atoms with Crippen LogP contribution in [-0.4, -0.2) is 28.7 Å². The van der Waals surface area contributed by atoms with Gasteiger partial charge in [-0.05, 0) is 51.0 Å². The number of carbonyl (C=O) groups is 1. The monoisotopic (exact) mass is 457 g/mol. The summed E-state index contributed by atoms with van der Waals surface area (Å²) in [5.74, 6) is -1.07. The van der Waals surface area contributed by atoms with Gasteiger partial charge in [-0.3, -0.25) is 4.79 Å². The predicted octanol–water partition coefficient (Wildman–Crippen LogP) is 4.75. The van der Waals surface area contributed by atoms with E-state index < -0.39 is 39.7 Å². The Bertz CT molecular complexity index is 914. The van der Waals surface area contributed by atoms with E-state index in [0.29, 0.717) is 5.56 Å². The number of alkyl halides is 3. The molecule has 1 unspecified atom stereocenters. The lowest BCUT2D eigenvalue weighted by molar-refractivity contribution is -0.274. The Morgan fingerprint density at radius 3 is 2.16 bits per heavy atom. The van der Waals surface area contributed by atoms with Crippen molar-refractivity contribution >= 4 is 17.3 Å². The van der Waals surface area contributed by atoms with Gasteiger partial charge in [0.25, 0.3) is 0 Å². The van der Waals surface area contributed by atoms with E-state index in [0.717, 1.165) is 11.6 Å². The van der Waals surface area contributed by atoms with Gasteiger partial charge >= 0.3 is 12.3 Å². The van der Waals surface area contributed by atoms with Crippen molar-refractivity contribution < 1.29 is 32.0 Å². The molecule has 0 aliphatic carbocycles. The second kappa shape index (κ2) is 9.50. The average molecular weight is 458 g/mol. The Kier molecular flexibility index (Phi) is 7.67. The van der Waals surface area contributed by atoms with Crippen LogP contribution in [0.15, 0.2) is 48.5 Å². The third-order valence-electron chi connectivity index (χ3n) is 4.53. The number of benzene rings is 2. The Labute approximate surface area is 183 Å². The van der Waals surface area contributed by atoms with Crippen molar-refractivity contribution in [1.29, 1.82) is 0 Å². The fraction of sp³-hybridized carbons (Fsp3) is 0.409. The lowest BCUT2D eigenvalue weighted by Crippen LogP contribution is -2.53. The molecule has 0 aromatic heterocycles. The first-order valence-corrected chi connectivity index (χ1v) is 10.6. The zero-order valence-electron chi connectivity index (χ0n) is 18.0. The molecular weight excluding hydrogens is 431 g/mol. The maximum atomic E-state index is 13.1. The molecule has 170 valence electrons. The number of aryl methyl sites for hydroxylation is 1. The van der Waals surface area contributed by atoms with Crippen molar-refractivity contribution in [3.8, 4) is 5.75 Å². The number of nitrogens with one attached hydrogen (secondary N) is 1. The van der Waals surface area contributed by atoms with Gasteiger partial charge in [-0.15, -0.1) is 17.9 Å². The highest BCUT2D eigenvalue weighted by Gasteiger charge is 2.45. The third kappa shape index (κ3) is 6.62. The third-order valence-corrected chi connectivity index (χ3v) is 6.18. The highest BCUT2D eigenvalue weighted by atomic mass is 32.2. The molecule has 0 bridgehead atoms. The van der Waals surface area contributed by atoms with Gasteiger partial charge in [0.1, 0.15) is 16.0 Å². The Balaban J connectivity index is 2.75. The van der Waals surface area contributed by atoms with Gasteiger partial charge in [0.05, 0.1) is 13.5 Å². The molecule has 31 heavy (non-hydrogen) atoms. The van der Waals surface area contributed by atoms with Gasteiger partial charge in [0, 0.05) is 11.4 Å². The molecule has 1 N–H and O–H groups in total. The quantitative estimate of drug-likeness (QED) is 0.480. The summed E-state index contributed by atoms with van der Waals surface area (Å²) in [5, 5.41) is 0. The van der Waals surface area contributed by atoms with Crippen LogP contribution < -0.4 is 9.46 Å². The van der Waals surface area contributed by atoms with Crippen LogP contribution in [0, 0.1) is 6.92 Å². The number of esters is 1. The molecule has 0 aliphatic heterocycles. The number of rotatable bonds is 7. The molecule has 0 radical (unpaired) electrons. The minimum atomic E-state index is -4.88. The fourth-order valence-electron chi connectivity index (χ4n) is 2.99. The maximum absolute atomic E-state index is 13.1. The number of methoxy groups -OCH3 is 1. The first kappa shape index (κ1) is 25.0. The van der Waals surface area contributed by atoms with Crippen molar-refractivity contribution in [3.05, 3.63) is 65.2 Å². The summed E-state index contributed by atoms with van der Waals surface area (Å²) < 4.78 is 62.8. The highest BCUT2D eigenvalue weighted by molar-refractivity contribution is 7.90. The van der Waals surface area contributed by atoms with Gasteiger partial charge in [-0.25, -0.2) is 0 Å². The number of carbonyl (C=O) groups excluding carboxylic acids is 1. The summed E-state index contributed by atoms with van der Waals surface area (Å²) in [5.41, 5.74) is 0.266. The molecule has 2 aromatic rings. The molecule has 0 amide bonds. The van der Waals surface area contributed by atoms with Crippen molar-refractivity contribution in [2.45, 2.75) is 50.8 Å². The Hall–Kier alpha value is -2.23. The first-order valence-electron chi connectivity index (χ1n) is 9.47. The Morgan fingerprint density at radius 2 is 1.65 bits per heavy atom. The van der Waals surface area contributed by atoms with Crippen molar-refractivity contribution in [1.82, 2.24) is 4.72 Å². The number of ether oxygens (including phenoxy) is 2. The molecule has 0 fully saturated rings. The summed E-state index contributed by atoms with van der Waals surface area (Å²) in [4.78, 5) is 12.4. The van der Waals surface area contributed by atoms with Crippen molar-refractivity contribution in [2.75, 3.05) is 7.11 Å². The van der Waals surface area contributed by atoms with Crippen LogP contribution in [0.4, 0.5) is 13.2 Å². The SMILES string of the molecule is COC(=O)CC(N[S@+]([O-])C(C)(C)C)(c1cccc(C)c1)c1cccc(OC(F)(F)F)c1. The molecule has 0 spiro atoms. The molecule has 2 atom stereocenters. The molecule has 0 aliphatic rings. The fourth-order valence-corrected chi connectivity index (χ4v) is 3.92. The van der Waals surface area contributed by atoms with Gasteiger partial charge in [0.2, 0.25) is 0 Å². The van der Waals surface area contributed by atoms with Crippen LogP contribution in [0.5, 0.6) is 5.75 Å². The van der Waals surface area contributed by atoms with Gasteiger partial charge in [0.15, 0.2) is 0 Å². The van der Waals surface area contributed by atoms with Crippen LogP contribution in [0.3, 0.4) is 0 Å². The van der Waals surface area contributed by atoms with Gasteiger partial charge in [-0.2, -0.15) is 0 Å². The van der Waals surface area contributed by atoms with E-state index in [1.165, 1.54) is 19.2 Å². The second-order valence-corrected chi connectivity index (χ2v) is 10.1. The second-order valence-electron chi connectivity index (χ2n) is 8.09. The summed E-state index contributed by atoms with van der Waals surface area (Å²) in [7, 11) is 1.22. The zero-order chi connectivity index (χ0) is 23.4. The molecule has 0 saturated heterocycles. The molecular formula is C22H26F3NO4S. The van der Waals surface area contributed by atoms with E-state index in [1.54, 1.807) is 45.0 Å². The highest BCUT2D eigenvalue weighted by Crippen LogP contribution is 2.38. The van der Waals surface area contributed by atoms with Crippen LogP contribution >= 0.6 is 0 Å². The standard InChI is InChI=1S/C22H26F3NO4S/c1-15-8-6-9-16(12-15)21(14-19(27)29-5,26-31(28)20(2,3)4)17-10-7-11-18(13-17)30-22(23,24)25/h6-13,26H,14H2,1-5H3/t21?,31-/m1/s1. The van der Waals surface area contributed by atoms with Crippen LogP contribution in [-0.2, 0) is 26.4 Å². The summed E-state index contributed by atoms with van der Waals surface area (Å²) in [6, 6.07) is 12.4. The molecule has 0 heterocycles. The average Bonchev–Trinajstić information content (AvgIpc) is 2.65.